The number of benzene rings is 2. The lowest BCUT2D eigenvalue weighted by Gasteiger charge is -2.21. The summed E-state index contributed by atoms with van der Waals surface area (Å²) in [4.78, 5) is 34.3. The van der Waals surface area contributed by atoms with Crippen LogP contribution in [0.2, 0.25) is 0 Å². The van der Waals surface area contributed by atoms with Gasteiger partial charge in [-0.05, 0) is 70.2 Å². The van der Waals surface area contributed by atoms with E-state index in [0.717, 1.165) is 34.3 Å². The number of oxazole rings is 1. The lowest BCUT2D eigenvalue weighted by atomic mass is 10.1. The van der Waals surface area contributed by atoms with Crippen LogP contribution in [0.4, 0.5) is 5.13 Å². The zero-order valence-electron chi connectivity index (χ0n) is 18.6. The molecule has 0 bridgehead atoms. The molecule has 0 saturated heterocycles. The van der Waals surface area contributed by atoms with Crippen LogP contribution in [-0.2, 0) is 11.3 Å². The Hall–Kier alpha value is -2.68. The molecule has 9 heteroatoms. The van der Waals surface area contributed by atoms with E-state index in [1.54, 1.807) is 23.1 Å². The van der Waals surface area contributed by atoms with Crippen LogP contribution in [0.15, 0.2) is 45.6 Å². The average Bonchev–Trinajstić information content (AvgIpc) is 3.26. The fourth-order valence-electron chi connectivity index (χ4n) is 3.74. The molecule has 0 N–H and O–H groups in total. The number of hydrogen-bond acceptors (Lipinski definition) is 6. The van der Waals surface area contributed by atoms with E-state index < -0.39 is 5.76 Å². The van der Waals surface area contributed by atoms with Gasteiger partial charge in [-0.15, -0.1) is 12.4 Å². The van der Waals surface area contributed by atoms with Crippen LogP contribution >= 0.6 is 23.7 Å². The second kappa shape index (κ2) is 9.85. The number of halogens is 1. The fraction of sp³-hybridized carbons (Fsp3) is 0.348. The lowest BCUT2D eigenvalue weighted by molar-refractivity contribution is -0.119. The summed E-state index contributed by atoms with van der Waals surface area (Å²) in [7, 11) is 4.01. The number of hydrogen-bond donors (Lipinski definition) is 0. The second-order valence-electron chi connectivity index (χ2n) is 8.05. The standard InChI is InChI=1S/C23H26N4O3S.ClH/c1-15-12-16(2)21-17(13-15)24-22(31-21)26(11-7-10-25(3)4)20(28)14-27-18-8-5-6-9-19(18)30-23(27)29;/h5-6,8-9,12-13H,7,10-11,14H2,1-4H3;1H. The van der Waals surface area contributed by atoms with E-state index in [-0.39, 0.29) is 24.9 Å². The van der Waals surface area contributed by atoms with Crippen LogP contribution < -0.4 is 10.7 Å². The number of carbonyl (C=O) groups excluding carboxylic acids is 1. The number of para-hydroxylation sites is 2. The van der Waals surface area contributed by atoms with E-state index in [0.29, 0.717) is 22.8 Å². The maximum absolute atomic E-state index is 13.4. The van der Waals surface area contributed by atoms with Crippen molar-refractivity contribution in [2.75, 3.05) is 32.1 Å². The maximum Gasteiger partial charge on any atom is 0.420 e. The first-order chi connectivity index (χ1) is 14.8. The molecule has 0 unspecified atom stereocenters. The van der Waals surface area contributed by atoms with Crippen LogP contribution in [0.1, 0.15) is 17.5 Å². The molecular weight excluding hydrogens is 448 g/mol. The topological polar surface area (TPSA) is 71.6 Å². The number of nitrogens with zero attached hydrogens (tertiary/aromatic N) is 4. The van der Waals surface area contributed by atoms with Gasteiger partial charge in [0.2, 0.25) is 5.91 Å². The monoisotopic (exact) mass is 474 g/mol. The van der Waals surface area contributed by atoms with E-state index in [1.165, 1.54) is 15.9 Å². The van der Waals surface area contributed by atoms with E-state index in [9.17, 15) is 9.59 Å². The third kappa shape index (κ3) is 4.87. The third-order valence-electron chi connectivity index (χ3n) is 5.19. The highest BCUT2D eigenvalue weighted by atomic mass is 35.5. The SMILES string of the molecule is Cc1cc(C)c2sc(N(CCCN(C)C)C(=O)Cn3c(=O)oc4ccccc43)nc2c1.Cl. The van der Waals surface area contributed by atoms with Gasteiger partial charge in [-0.3, -0.25) is 14.3 Å². The molecule has 0 atom stereocenters. The van der Waals surface area contributed by atoms with Crippen LogP contribution in [0.3, 0.4) is 0 Å². The molecule has 32 heavy (non-hydrogen) atoms. The minimum absolute atomic E-state index is 0. The van der Waals surface area contributed by atoms with Gasteiger partial charge in [0.05, 0.1) is 15.7 Å². The number of fused-ring (bicyclic) bond motifs is 2. The van der Waals surface area contributed by atoms with Gasteiger partial charge in [-0.2, -0.15) is 0 Å². The first-order valence-corrected chi connectivity index (χ1v) is 11.1. The predicted octanol–water partition coefficient (Wildman–Crippen LogP) is 4.23. The van der Waals surface area contributed by atoms with Gasteiger partial charge in [0, 0.05) is 6.54 Å². The van der Waals surface area contributed by atoms with Crippen molar-refractivity contribution in [3.8, 4) is 0 Å². The zero-order chi connectivity index (χ0) is 22.1. The predicted molar refractivity (Wildman–Crippen MR) is 132 cm³/mol. The summed E-state index contributed by atoms with van der Waals surface area (Å²) in [6.45, 7) is 5.39. The number of amides is 1. The molecule has 0 radical (unpaired) electrons. The summed E-state index contributed by atoms with van der Waals surface area (Å²) in [5.74, 6) is -0.709. The zero-order valence-corrected chi connectivity index (χ0v) is 20.3. The van der Waals surface area contributed by atoms with Gasteiger partial charge in [0.25, 0.3) is 0 Å². The van der Waals surface area contributed by atoms with Gasteiger partial charge in [0.1, 0.15) is 6.54 Å². The summed E-state index contributed by atoms with van der Waals surface area (Å²) in [5, 5.41) is 0.660. The molecule has 170 valence electrons. The Kier molecular flexibility index (Phi) is 7.38. The van der Waals surface area contributed by atoms with Crippen molar-refractivity contribution >= 4 is 56.1 Å². The lowest BCUT2D eigenvalue weighted by Crippen LogP contribution is -2.37. The molecule has 0 spiro atoms. The van der Waals surface area contributed by atoms with Crippen molar-refractivity contribution in [3.05, 3.63) is 58.1 Å². The minimum atomic E-state index is -0.529. The summed E-state index contributed by atoms with van der Waals surface area (Å²) in [6.07, 6.45) is 0.799. The highest BCUT2D eigenvalue weighted by molar-refractivity contribution is 7.22. The van der Waals surface area contributed by atoms with Crippen LogP contribution in [0.25, 0.3) is 21.3 Å². The van der Waals surface area contributed by atoms with E-state index in [4.69, 9.17) is 9.40 Å². The first-order valence-electron chi connectivity index (χ1n) is 10.2. The largest absolute Gasteiger partial charge is 0.420 e. The second-order valence-corrected chi connectivity index (χ2v) is 9.03. The normalized spacial score (nSPS) is 11.3. The van der Waals surface area contributed by atoms with Crippen molar-refractivity contribution in [3.63, 3.8) is 0 Å². The molecule has 7 nitrogen and oxygen atoms in total. The Balaban J connectivity index is 0.00000289. The molecular formula is C23H27ClN4O3S. The highest BCUT2D eigenvalue weighted by Gasteiger charge is 2.22. The molecule has 0 saturated carbocycles. The van der Waals surface area contributed by atoms with Gasteiger partial charge in [0.15, 0.2) is 10.7 Å². The molecule has 2 aromatic heterocycles. The molecule has 4 rings (SSSR count). The maximum atomic E-state index is 13.4. The van der Waals surface area contributed by atoms with Crippen LogP contribution in [0.5, 0.6) is 0 Å². The molecule has 0 aliphatic rings. The smallest absolute Gasteiger partial charge is 0.408 e. The quantitative estimate of drug-likeness (QED) is 0.401. The number of aromatic nitrogens is 2. The Bertz CT molecular complexity index is 1310. The minimum Gasteiger partial charge on any atom is -0.408 e. The van der Waals surface area contributed by atoms with Gasteiger partial charge in [-0.1, -0.05) is 29.5 Å². The summed E-state index contributed by atoms with van der Waals surface area (Å²) in [6, 6.07) is 11.3. The Morgan fingerprint density at radius 3 is 2.66 bits per heavy atom. The molecule has 0 fully saturated rings. The number of aryl methyl sites for hydroxylation is 2. The molecule has 0 aliphatic heterocycles. The van der Waals surface area contributed by atoms with Crippen molar-refractivity contribution in [1.29, 1.82) is 0 Å². The average molecular weight is 475 g/mol. The van der Waals surface area contributed by atoms with Gasteiger partial charge >= 0.3 is 5.76 Å². The third-order valence-corrected chi connectivity index (χ3v) is 6.42. The van der Waals surface area contributed by atoms with Crippen molar-refractivity contribution in [2.45, 2.75) is 26.8 Å². The Morgan fingerprint density at radius 2 is 1.91 bits per heavy atom. The molecule has 2 heterocycles. The number of anilines is 1. The Morgan fingerprint density at radius 1 is 1.16 bits per heavy atom. The number of carbonyl (C=O) groups is 1. The summed E-state index contributed by atoms with van der Waals surface area (Å²) >= 11 is 1.52. The van der Waals surface area contributed by atoms with Crippen molar-refractivity contribution in [2.24, 2.45) is 0 Å². The van der Waals surface area contributed by atoms with E-state index >= 15 is 0 Å². The summed E-state index contributed by atoms with van der Waals surface area (Å²) in [5.41, 5.74) is 4.28. The van der Waals surface area contributed by atoms with Gasteiger partial charge in [-0.25, -0.2) is 9.78 Å². The van der Waals surface area contributed by atoms with Crippen molar-refractivity contribution < 1.29 is 9.21 Å². The number of rotatable bonds is 7. The molecule has 0 aliphatic carbocycles. The van der Waals surface area contributed by atoms with Crippen LogP contribution in [0, 0.1) is 13.8 Å². The Labute approximate surface area is 196 Å². The van der Waals surface area contributed by atoms with Gasteiger partial charge < -0.3 is 9.32 Å². The molecule has 4 aromatic rings. The molecule has 2 aromatic carbocycles. The van der Waals surface area contributed by atoms with Crippen molar-refractivity contribution in [1.82, 2.24) is 14.5 Å². The molecule has 1 amide bonds. The van der Waals surface area contributed by atoms with E-state index in [1.807, 2.05) is 33.2 Å². The highest BCUT2D eigenvalue weighted by Crippen LogP contribution is 2.32. The summed E-state index contributed by atoms with van der Waals surface area (Å²) < 4.78 is 7.76. The number of thiazole rings is 1. The fourth-order valence-corrected chi connectivity index (χ4v) is 4.80. The van der Waals surface area contributed by atoms with Crippen LogP contribution in [-0.4, -0.2) is 47.5 Å². The van der Waals surface area contributed by atoms with E-state index in [2.05, 4.69) is 17.9 Å². The first kappa shape index (κ1) is 24.0.